The first-order valence-corrected chi connectivity index (χ1v) is 6.55. The lowest BCUT2D eigenvalue weighted by atomic mass is 10.3. The highest BCUT2D eigenvalue weighted by atomic mass is 32.1. The van der Waals surface area contributed by atoms with Crippen LogP contribution in [0.3, 0.4) is 0 Å². The van der Waals surface area contributed by atoms with Gasteiger partial charge in [-0.25, -0.2) is 9.37 Å². The molecule has 0 radical (unpaired) electrons. The van der Waals surface area contributed by atoms with Crippen molar-refractivity contribution < 1.29 is 14.1 Å². The topological polar surface area (TPSA) is 104 Å². The molecule has 0 saturated heterocycles. The number of benzene rings is 1. The summed E-state index contributed by atoms with van der Waals surface area (Å²) in [5.74, 6) is -0.926. The molecule has 106 valence electrons. The van der Waals surface area contributed by atoms with Crippen LogP contribution in [-0.4, -0.2) is 14.9 Å². The van der Waals surface area contributed by atoms with Gasteiger partial charge in [-0.3, -0.25) is 10.1 Å². The minimum absolute atomic E-state index is 0.00210. The zero-order valence-corrected chi connectivity index (χ0v) is 11.1. The molecule has 9 heteroatoms. The number of aromatic nitrogens is 2. The first-order chi connectivity index (χ1) is 10.0. The van der Waals surface area contributed by atoms with E-state index in [0.717, 1.165) is 12.1 Å². The molecule has 2 heterocycles. The Balaban J connectivity index is 2.02. The monoisotopic (exact) mass is 306 g/mol. The van der Waals surface area contributed by atoms with Gasteiger partial charge in [-0.15, -0.1) is 11.3 Å². The first-order valence-electron chi connectivity index (χ1n) is 5.67. The maximum atomic E-state index is 13.8. The molecule has 0 saturated carbocycles. The molecule has 0 atom stereocenters. The number of hydrogen-bond donors (Lipinski definition) is 1. The van der Waals surface area contributed by atoms with Crippen LogP contribution < -0.4 is 10.5 Å². The third-order valence-electron chi connectivity index (χ3n) is 2.64. The largest absolute Gasteiger partial charge is 0.435 e. The number of nitrogens with two attached hydrogens (primary N) is 1. The smallest absolute Gasteiger partial charge is 0.272 e. The van der Waals surface area contributed by atoms with Gasteiger partial charge >= 0.3 is 0 Å². The van der Waals surface area contributed by atoms with Crippen LogP contribution in [0.15, 0.2) is 29.6 Å². The van der Waals surface area contributed by atoms with Crippen molar-refractivity contribution >= 4 is 33.2 Å². The highest BCUT2D eigenvalue weighted by molar-refractivity contribution is 7.16. The number of nitro benzene ring substituents is 1. The van der Waals surface area contributed by atoms with Crippen molar-refractivity contribution in [3.63, 3.8) is 0 Å². The summed E-state index contributed by atoms with van der Waals surface area (Å²) in [6.07, 6.45) is 0. The molecule has 0 amide bonds. The zero-order chi connectivity index (χ0) is 15.0. The van der Waals surface area contributed by atoms with Gasteiger partial charge in [0.2, 0.25) is 11.8 Å². The van der Waals surface area contributed by atoms with Gasteiger partial charge in [0.05, 0.1) is 16.4 Å². The molecule has 0 spiro atoms. The summed E-state index contributed by atoms with van der Waals surface area (Å²) in [6.45, 7) is 0. The van der Waals surface area contributed by atoms with Crippen LogP contribution in [0.4, 0.5) is 16.0 Å². The molecular weight excluding hydrogens is 299 g/mol. The number of fused-ring (bicyclic) bond motifs is 1. The van der Waals surface area contributed by atoms with Crippen LogP contribution in [0.25, 0.3) is 10.2 Å². The normalized spacial score (nSPS) is 10.7. The predicted molar refractivity (Wildman–Crippen MR) is 75.0 cm³/mol. The van der Waals surface area contributed by atoms with Crippen molar-refractivity contribution in [2.24, 2.45) is 0 Å². The number of ether oxygens (including phenoxy) is 1. The Labute approximate surface area is 121 Å². The Kier molecular flexibility index (Phi) is 3.10. The number of nitrogen functional groups attached to an aromatic ring is 1. The summed E-state index contributed by atoms with van der Waals surface area (Å²) in [4.78, 5) is 18.4. The van der Waals surface area contributed by atoms with Gasteiger partial charge in [0.25, 0.3) is 5.69 Å². The van der Waals surface area contributed by atoms with Crippen LogP contribution in [0.2, 0.25) is 0 Å². The predicted octanol–water partition coefficient (Wildman–Crippen LogP) is 3.11. The molecule has 2 aromatic heterocycles. The van der Waals surface area contributed by atoms with Crippen LogP contribution in [0, 0.1) is 15.9 Å². The van der Waals surface area contributed by atoms with E-state index in [9.17, 15) is 14.5 Å². The fourth-order valence-electron chi connectivity index (χ4n) is 1.71. The molecule has 0 unspecified atom stereocenters. The van der Waals surface area contributed by atoms with Gasteiger partial charge in [-0.05, 0) is 17.5 Å². The molecule has 0 aliphatic carbocycles. The lowest BCUT2D eigenvalue weighted by Gasteiger charge is -2.07. The molecule has 3 aromatic rings. The Morgan fingerprint density at radius 1 is 1.33 bits per heavy atom. The fourth-order valence-corrected chi connectivity index (χ4v) is 2.47. The van der Waals surface area contributed by atoms with E-state index in [1.54, 1.807) is 11.4 Å². The van der Waals surface area contributed by atoms with Crippen molar-refractivity contribution in [3.8, 4) is 11.6 Å². The number of nitrogens with zero attached hydrogens (tertiary/aromatic N) is 3. The molecule has 0 bridgehead atoms. The molecule has 21 heavy (non-hydrogen) atoms. The van der Waals surface area contributed by atoms with E-state index in [2.05, 4.69) is 9.97 Å². The Bertz CT molecular complexity index is 852. The van der Waals surface area contributed by atoms with Crippen molar-refractivity contribution in [3.05, 3.63) is 45.6 Å². The summed E-state index contributed by atoms with van der Waals surface area (Å²) in [6, 6.07) is 4.82. The molecule has 0 aliphatic rings. The highest BCUT2D eigenvalue weighted by Gasteiger charge is 2.15. The number of thiophene rings is 1. The lowest BCUT2D eigenvalue weighted by molar-refractivity contribution is -0.385. The van der Waals surface area contributed by atoms with Crippen LogP contribution >= 0.6 is 11.3 Å². The Hall–Kier alpha value is -2.81. The molecule has 0 fully saturated rings. The average Bonchev–Trinajstić information content (AvgIpc) is 2.88. The third-order valence-corrected chi connectivity index (χ3v) is 3.45. The lowest BCUT2D eigenvalue weighted by Crippen LogP contribution is -1.98. The van der Waals surface area contributed by atoms with E-state index in [1.807, 2.05) is 0 Å². The molecule has 7 nitrogen and oxygen atoms in total. The van der Waals surface area contributed by atoms with Gasteiger partial charge in [-0.2, -0.15) is 4.98 Å². The second-order valence-electron chi connectivity index (χ2n) is 4.00. The maximum Gasteiger partial charge on any atom is 0.272 e. The number of hydrogen-bond acceptors (Lipinski definition) is 7. The minimum atomic E-state index is -0.857. The molecule has 3 rings (SSSR count). The molecule has 1 aromatic carbocycles. The standard InChI is InChI=1S/C12H7FN4O3S/c13-8-5-6(17(18)19)1-2-9(8)20-10-7-3-4-21-11(7)16-12(14)15-10/h1-5H,(H2,14,15,16). The third kappa shape index (κ3) is 2.46. The van der Waals surface area contributed by atoms with Gasteiger partial charge in [0.15, 0.2) is 11.6 Å². The summed E-state index contributed by atoms with van der Waals surface area (Å²) < 4.78 is 19.2. The van der Waals surface area contributed by atoms with E-state index in [-0.39, 0.29) is 23.3 Å². The Morgan fingerprint density at radius 3 is 2.86 bits per heavy atom. The van der Waals surface area contributed by atoms with E-state index < -0.39 is 10.7 Å². The number of anilines is 1. The summed E-state index contributed by atoms with van der Waals surface area (Å²) in [7, 11) is 0. The SMILES string of the molecule is Nc1nc(Oc2ccc([N+](=O)[O-])cc2F)c2ccsc2n1. The minimum Gasteiger partial charge on any atom is -0.435 e. The molecule has 0 aliphatic heterocycles. The average molecular weight is 306 g/mol. The summed E-state index contributed by atoms with van der Waals surface area (Å²) >= 11 is 1.34. The second-order valence-corrected chi connectivity index (χ2v) is 4.89. The number of rotatable bonds is 3. The van der Waals surface area contributed by atoms with Crippen LogP contribution in [-0.2, 0) is 0 Å². The summed E-state index contributed by atoms with van der Waals surface area (Å²) in [5, 5.41) is 12.9. The second kappa shape index (κ2) is 4.94. The summed E-state index contributed by atoms with van der Waals surface area (Å²) in [5.41, 5.74) is 5.20. The van der Waals surface area contributed by atoms with Crippen molar-refractivity contribution in [2.75, 3.05) is 5.73 Å². The van der Waals surface area contributed by atoms with Crippen molar-refractivity contribution in [1.82, 2.24) is 9.97 Å². The first kappa shape index (κ1) is 13.2. The zero-order valence-electron chi connectivity index (χ0n) is 10.3. The Morgan fingerprint density at radius 2 is 2.14 bits per heavy atom. The van der Waals surface area contributed by atoms with Gasteiger partial charge in [0, 0.05) is 6.07 Å². The maximum absolute atomic E-state index is 13.8. The van der Waals surface area contributed by atoms with Crippen molar-refractivity contribution in [2.45, 2.75) is 0 Å². The van der Waals surface area contributed by atoms with Gasteiger partial charge in [-0.1, -0.05) is 0 Å². The van der Waals surface area contributed by atoms with E-state index in [0.29, 0.717) is 10.2 Å². The highest BCUT2D eigenvalue weighted by Crippen LogP contribution is 2.32. The quantitative estimate of drug-likeness (QED) is 0.589. The molecular formula is C12H7FN4O3S. The van der Waals surface area contributed by atoms with E-state index in [4.69, 9.17) is 10.5 Å². The van der Waals surface area contributed by atoms with Crippen LogP contribution in [0.1, 0.15) is 0 Å². The number of nitro groups is 1. The van der Waals surface area contributed by atoms with E-state index in [1.165, 1.54) is 17.4 Å². The van der Waals surface area contributed by atoms with Gasteiger partial charge in [0.1, 0.15) is 4.83 Å². The van der Waals surface area contributed by atoms with Gasteiger partial charge < -0.3 is 10.5 Å². The van der Waals surface area contributed by atoms with Crippen LogP contribution in [0.5, 0.6) is 11.6 Å². The number of non-ortho nitro benzene ring substituents is 1. The van der Waals surface area contributed by atoms with Crippen molar-refractivity contribution in [1.29, 1.82) is 0 Å². The number of halogens is 1. The van der Waals surface area contributed by atoms with E-state index >= 15 is 0 Å². The fraction of sp³-hybridized carbons (Fsp3) is 0. The molecule has 2 N–H and O–H groups in total.